The number of aliphatic imine (C=N–C) groups is 1. The number of hydrogen-bond donors (Lipinski definition) is 0. The zero-order chi connectivity index (χ0) is 10.3. The van der Waals surface area contributed by atoms with Crippen LogP contribution in [-0.4, -0.2) is 5.71 Å². The van der Waals surface area contributed by atoms with Gasteiger partial charge in [0.1, 0.15) is 0 Å². The average molecular weight is 199 g/mol. The van der Waals surface area contributed by atoms with Gasteiger partial charge in [0.25, 0.3) is 0 Å². The molecule has 0 aromatic heterocycles. The van der Waals surface area contributed by atoms with Crippen LogP contribution in [-0.2, 0) is 6.54 Å². The van der Waals surface area contributed by atoms with Crippen molar-refractivity contribution < 1.29 is 0 Å². The first-order valence-corrected chi connectivity index (χ1v) is 5.99. The molecule has 0 radical (unpaired) electrons. The maximum Gasteiger partial charge on any atom is 0.0649 e. The molecule has 78 valence electrons. The van der Waals surface area contributed by atoms with Crippen LogP contribution in [0.5, 0.6) is 0 Å². The molecule has 1 fully saturated rings. The van der Waals surface area contributed by atoms with E-state index in [1.54, 1.807) is 5.56 Å². The first kappa shape index (κ1) is 9.14. The Bertz CT molecular complexity index is 411. The molecule has 3 rings (SSSR count). The summed E-state index contributed by atoms with van der Waals surface area (Å²) in [7, 11) is 0. The Labute approximate surface area is 91.2 Å². The molecule has 1 saturated carbocycles. The normalized spacial score (nSPS) is 20.5. The van der Waals surface area contributed by atoms with Crippen molar-refractivity contribution in [3.63, 3.8) is 0 Å². The average Bonchev–Trinajstić information content (AvgIpc) is 2.88. The highest BCUT2D eigenvalue weighted by Gasteiger charge is 2.19. The van der Waals surface area contributed by atoms with E-state index in [1.165, 1.54) is 42.5 Å². The fraction of sp³-hybridized carbons (Fsp3) is 0.500. The summed E-state index contributed by atoms with van der Waals surface area (Å²) in [5, 5.41) is 0. The molecule has 1 heteroatoms. The zero-order valence-electron chi connectivity index (χ0n) is 9.29. The minimum absolute atomic E-state index is 0.823. The van der Waals surface area contributed by atoms with Gasteiger partial charge in [-0.15, -0.1) is 0 Å². The molecule has 1 heterocycles. The van der Waals surface area contributed by atoms with Gasteiger partial charge in [-0.05, 0) is 42.9 Å². The third kappa shape index (κ3) is 1.50. The molecule has 0 saturated heterocycles. The van der Waals surface area contributed by atoms with Gasteiger partial charge in [-0.25, -0.2) is 0 Å². The summed E-state index contributed by atoms with van der Waals surface area (Å²) in [6.07, 6.45) is 5.59. The number of benzene rings is 1. The summed E-state index contributed by atoms with van der Waals surface area (Å²) >= 11 is 0. The molecule has 1 aromatic rings. The second-order valence-corrected chi connectivity index (χ2v) is 4.80. The Morgan fingerprint density at radius 2 is 2.00 bits per heavy atom. The van der Waals surface area contributed by atoms with E-state index in [0.717, 1.165) is 12.5 Å². The quantitative estimate of drug-likeness (QED) is 0.654. The zero-order valence-corrected chi connectivity index (χ0v) is 9.29. The van der Waals surface area contributed by atoms with Gasteiger partial charge in [-0.3, -0.25) is 4.99 Å². The summed E-state index contributed by atoms with van der Waals surface area (Å²) in [6.45, 7) is 3.02. The number of fused-ring (bicyclic) bond motifs is 1. The predicted octanol–water partition coefficient (Wildman–Crippen LogP) is 3.67. The fourth-order valence-electron chi connectivity index (χ4n) is 2.87. The Morgan fingerprint density at radius 1 is 1.20 bits per heavy atom. The van der Waals surface area contributed by atoms with Crippen LogP contribution in [0, 0.1) is 0 Å². The molecule has 0 spiro atoms. The predicted molar refractivity (Wildman–Crippen MR) is 63.6 cm³/mol. The smallest absolute Gasteiger partial charge is 0.0649 e. The Kier molecular flexibility index (Phi) is 2.12. The number of hydrogen-bond acceptors (Lipinski definition) is 1. The topological polar surface area (TPSA) is 12.4 Å². The number of nitrogens with zero attached hydrogens (tertiary/aromatic N) is 1. The lowest BCUT2D eigenvalue weighted by atomic mass is 9.93. The van der Waals surface area contributed by atoms with E-state index in [1.807, 2.05) is 0 Å². The molecule has 1 nitrogen and oxygen atoms in total. The molecule has 1 aliphatic heterocycles. The van der Waals surface area contributed by atoms with Crippen molar-refractivity contribution >= 4 is 5.71 Å². The van der Waals surface area contributed by atoms with Gasteiger partial charge < -0.3 is 0 Å². The lowest BCUT2D eigenvalue weighted by Gasteiger charge is -2.11. The number of rotatable bonds is 1. The van der Waals surface area contributed by atoms with Crippen LogP contribution in [0.4, 0.5) is 0 Å². The molecule has 0 N–H and O–H groups in total. The van der Waals surface area contributed by atoms with Crippen molar-refractivity contribution in [3.8, 4) is 0 Å². The second kappa shape index (κ2) is 3.48. The molecule has 1 aliphatic carbocycles. The van der Waals surface area contributed by atoms with Crippen LogP contribution < -0.4 is 0 Å². The van der Waals surface area contributed by atoms with Crippen LogP contribution in [0.1, 0.15) is 55.2 Å². The van der Waals surface area contributed by atoms with Crippen molar-refractivity contribution in [3.05, 3.63) is 34.9 Å². The highest BCUT2D eigenvalue weighted by molar-refractivity contribution is 6.02. The summed E-state index contributed by atoms with van der Waals surface area (Å²) in [5.41, 5.74) is 5.58. The van der Waals surface area contributed by atoms with Crippen molar-refractivity contribution in [2.45, 2.75) is 45.1 Å². The molecule has 0 amide bonds. The minimum Gasteiger partial charge on any atom is -0.285 e. The third-order valence-electron chi connectivity index (χ3n) is 3.84. The van der Waals surface area contributed by atoms with E-state index in [-0.39, 0.29) is 0 Å². The molecular formula is C14H17N. The van der Waals surface area contributed by atoms with Crippen LogP contribution in [0.3, 0.4) is 0 Å². The van der Waals surface area contributed by atoms with Crippen molar-refractivity contribution in [1.29, 1.82) is 0 Å². The van der Waals surface area contributed by atoms with Gasteiger partial charge in [0.05, 0.1) is 6.54 Å². The van der Waals surface area contributed by atoms with Crippen molar-refractivity contribution in [1.82, 2.24) is 0 Å². The van der Waals surface area contributed by atoms with Crippen molar-refractivity contribution in [2.75, 3.05) is 0 Å². The van der Waals surface area contributed by atoms with E-state index in [4.69, 9.17) is 0 Å². The Hall–Kier alpha value is -1.11. The molecule has 0 atom stereocenters. The highest BCUT2D eigenvalue weighted by Crippen LogP contribution is 2.35. The summed E-state index contributed by atoms with van der Waals surface area (Å²) < 4.78 is 0. The lowest BCUT2D eigenvalue weighted by molar-refractivity contribution is 0.723. The molecule has 0 bridgehead atoms. The minimum atomic E-state index is 0.823. The lowest BCUT2D eigenvalue weighted by Crippen LogP contribution is -1.97. The van der Waals surface area contributed by atoms with E-state index < -0.39 is 0 Å². The molecule has 1 aromatic carbocycles. The van der Waals surface area contributed by atoms with E-state index in [9.17, 15) is 0 Å². The van der Waals surface area contributed by atoms with Crippen LogP contribution in [0.2, 0.25) is 0 Å². The SMILES string of the molecule is CC1=NCc2ccc(C3CCCC3)cc21. The first-order valence-electron chi connectivity index (χ1n) is 5.99. The second-order valence-electron chi connectivity index (χ2n) is 4.80. The van der Waals surface area contributed by atoms with Crippen LogP contribution in [0.25, 0.3) is 0 Å². The van der Waals surface area contributed by atoms with Gasteiger partial charge in [0.2, 0.25) is 0 Å². The molecule has 15 heavy (non-hydrogen) atoms. The monoisotopic (exact) mass is 199 g/mol. The van der Waals surface area contributed by atoms with E-state index >= 15 is 0 Å². The first-order chi connectivity index (χ1) is 7.34. The Balaban J connectivity index is 1.97. The van der Waals surface area contributed by atoms with Gasteiger partial charge in [-0.1, -0.05) is 25.0 Å². The fourth-order valence-corrected chi connectivity index (χ4v) is 2.87. The third-order valence-corrected chi connectivity index (χ3v) is 3.84. The van der Waals surface area contributed by atoms with Gasteiger partial charge in [-0.2, -0.15) is 0 Å². The largest absolute Gasteiger partial charge is 0.285 e. The highest BCUT2D eigenvalue weighted by atomic mass is 14.8. The van der Waals surface area contributed by atoms with Gasteiger partial charge in [0, 0.05) is 11.3 Å². The molecule has 2 aliphatic rings. The van der Waals surface area contributed by atoms with Crippen LogP contribution in [0.15, 0.2) is 23.2 Å². The summed E-state index contributed by atoms with van der Waals surface area (Å²) in [5.74, 6) is 0.823. The standard InChI is InChI=1S/C14H17N/c1-10-14-8-12(11-4-2-3-5-11)6-7-13(14)9-15-10/h6-8,11H,2-5,9H2,1H3. The summed E-state index contributed by atoms with van der Waals surface area (Å²) in [4.78, 5) is 4.49. The van der Waals surface area contributed by atoms with Gasteiger partial charge >= 0.3 is 0 Å². The van der Waals surface area contributed by atoms with Crippen molar-refractivity contribution in [2.24, 2.45) is 4.99 Å². The van der Waals surface area contributed by atoms with Gasteiger partial charge in [0.15, 0.2) is 0 Å². The maximum absolute atomic E-state index is 4.49. The van der Waals surface area contributed by atoms with Crippen LogP contribution >= 0.6 is 0 Å². The molecular weight excluding hydrogens is 182 g/mol. The maximum atomic E-state index is 4.49. The molecule has 0 unspecified atom stereocenters. The van der Waals surface area contributed by atoms with E-state index in [2.05, 4.69) is 30.1 Å². The Morgan fingerprint density at radius 3 is 2.80 bits per heavy atom. The summed E-state index contributed by atoms with van der Waals surface area (Å²) in [6, 6.07) is 6.99. The van der Waals surface area contributed by atoms with E-state index in [0.29, 0.717) is 0 Å².